The second-order valence-corrected chi connectivity index (χ2v) is 0. The zero-order valence-electron chi connectivity index (χ0n) is 5.56. The predicted molar refractivity (Wildman–Crippen MR) is 61.3 cm³/mol. The van der Waals surface area contributed by atoms with Gasteiger partial charge in [0.15, 0.2) is 0 Å². The van der Waals surface area contributed by atoms with Gasteiger partial charge in [0.05, 0.1) is 0 Å². The molecule has 4 radical (unpaired) electrons. The first-order valence-electron chi connectivity index (χ1n) is 0.236. The molecule has 0 fully saturated rings. The van der Waals surface area contributed by atoms with E-state index in [4.69, 9.17) is 3.80 Å². The van der Waals surface area contributed by atoms with Gasteiger partial charge in [-0.2, -0.15) is 0 Å². The van der Waals surface area contributed by atoms with Crippen LogP contribution < -0.4 is 0 Å². The summed E-state index contributed by atoms with van der Waals surface area (Å²) in [6.45, 7) is 0. The van der Waals surface area contributed by atoms with Gasteiger partial charge in [0.25, 0.3) is 0 Å². The van der Waals surface area contributed by atoms with E-state index < -0.39 is 0 Å². The van der Waals surface area contributed by atoms with Crippen LogP contribution in [0.5, 0.6) is 0 Å². The molecule has 0 saturated heterocycles. The van der Waals surface area contributed by atoms with Crippen LogP contribution in [0, 0.1) is 0 Å². The third-order valence-electron chi connectivity index (χ3n) is 0. The summed E-state index contributed by atoms with van der Waals surface area (Å²) in [6, 6.07) is 0. The summed E-state index contributed by atoms with van der Waals surface area (Å²) >= 11 is 1.17. The molecule has 0 rings (SSSR count). The summed E-state index contributed by atoms with van der Waals surface area (Å²) in [7, 11) is 0. The van der Waals surface area contributed by atoms with Gasteiger partial charge in [-0.15, -0.1) is 0 Å². The Kier molecular flexibility index (Phi) is 573000. The summed E-state index contributed by atoms with van der Waals surface area (Å²) in [6.07, 6.45) is 0. The van der Waals surface area contributed by atoms with Gasteiger partial charge in [-0.3, -0.25) is 0 Å². The summed E-state index contributed by atoms with van der Waals surface area (Å²) in [4.78, 5) is 0. The summed E-state index contributed by atoms with van der Waals surface area (Å²) in [5, 5.41) is 0. The van der Waals surface area contributed by atoms with E-state index in [2.05, 4.69) is 0 Å². The van der Waals surface area contributed by atoms with Crippen molar-refractivity contribution in [3.63, 3.8) is 0 Å². The van der Waals surface area contributed by atoms with Crippen LogP contribution >= 0.6 is 0 Å². The van der Waals surface area contributed by atoms with Crippen LogP contribution in [0.2, 0.25) is 0 Å². The first-order chi connectivity index (χ1) is 1.00. The number of hydrogen-bond acceptors (Lipinski definition) is 1. The molecule has 0 heterocycles. The molecular weight excluding hydrogens is 234 g/mol. The summed E-state index contributed by atoms with van der Waals surface area (Å²) < 4.78 is 8.17. The van der Waals surface area contributed by atoms with Gasteiger partial charge in [0, 0.05) is 17.4 Å². The minimum atomic E-state index is 0. The Bertz CT molecular complexity index is 18.0. The van der Waals surface area contributed by atoms with E-state index in [1.807, 2.05) is 0 Å². The van der Waals surface area contributed by atoms with E-state index in [9.17, 15) is 0 Å². The van der Waals surface area contributed by atoms with Crippen molar-refractivity contribution in [2.45, 2.75) is 22.3 Å². The molecule has 0 bridgehead atoms. The van der Waals surface area contributed by atoms with Gasteiger partial charge < -0.3 is 43.8 Å². The van der Waals surface area contributed by atoms with Crippen molar-refractivity contribution >= 4 is 33.6 Å². The zero-order valence-corrected chi connectivity index (χ0v) is 7.87. The van der Waals surface area contributed by atoms with Crippen molar-refractivity contribution in [3.8, 4) is 0 Å². The Labute approximate surface area is 104 Å². The molecule has 0 aliphatic rings. The minimum absolute atomic E-state index is 0. The fourth-order valence-electron chi connectivity index (χ4n) is 0. The predicted octanol–water partition coefficient (Wildman–Crippen LogP) is -5.57. The van der Waals surface area contributed by atoms with Crippen LogP contribution in [0.4, 0.5) is 0 Å². The molecule has 0 aromatic heterocycles. The fourth-order valence-corrected chi connectivity index (χ4v) is 0. The maximum atomic E-state index is 8.17. The molecule has 0 aliphatic heterocycles. The van der Waals surface area contributed by atoms with E-state index >= 15 is 0 Å². The first-order valence-corrected chi connectivity index (χ1v) is 0.707. The Morgan fingerprint density at radius 3 is 0.429 bits per heavy atom. The molecule has 11 heteroatoms. The van der Waals surface area contributed by atoms with Crippen LogP contribution in [-0.2, 0) is 3.80 Å². The molecule has 0 spiro atoms. The van der Waals surface area contributed by atoms with Gasteiger partial charge in [0.1, 0.15) is 0 Å². The third kappa shape index (κ3) is 5630. The molecule has 0 aliphatic carbocycles. The van der Waals surface area contributed by atoms with Gasteiger partial charge >= 0.3 is 20.0 Å². The van der Waals surface area contributed by atoms with Crippen molar-refractivity contribution in [3.05, 3.63) is 0 Å². The van der Waals surface area contributed by atoms with E-state index in [0.717, 1.165) is 0 Å². The van der Waals surface area contributed by atoms with Crippen LogP contribution in [0.25, 0.3) is 0 Å². The van der Waals surface area contributed by atoms with Crippen LogP contribution in [0.15, 0.2) is 0 Å². The van der Waals surface area contributed by atoms with Gasteiger partial charge in [-0.05, 0) is 0 Å². The fraction of sp³-hybridized carbons (Fsp3) is 1.00. The van der Waals surface area contributed by atoms with E-state index in [-0.39, 0.29) is 83.5 Å². The van der Waals surface area contributed by atoms with Crippen LogP contribution in [0.3, 0.4) is 0 Å². The second kappa shape index (κ2) is 7180. The Balaban J connectivity index is -0.0000000000758. The molecular formula is C3H28Al2O9. The molecule has 0 aromatic rings. The van der Waals surface area contributed by atoms with E-state index in [1.165, 1.54) is 16.2 Å². The van der Waals surface area contributed by atoms with Gasteiger partial charge in [-0.25, -0.2) is 0 Å². The Hall–Kier alpha value is 0.545. The quantitative estimate of drug-likeness (QED) is 0.379. The third-order valence-corrected chi connectivity index (χ3v) is 0. The van der Waals surface area contributed by atoms with Crippen molar-refractivity contribution in [1.29, 1.82) is 0 Å². The van der Waals surface area contributed by atoms with Crippen molar-refractivity contribution in [1.82, 2.24) is 0 Å². The zero-order chi connectivity index (χ0) is 2.00. The normalized spacial score (nSPS) is 0.214. The molecule has 100 valence electrons. The van der Waals surface area contributed by atoms with Crippen LogP contribution in [-0.4, -0.2) is 77.4 Å². The van der Waals surface area contributed by atoms with Crippen molar-refractivity contribution in [2.75, 3.05) is 0 Å². The Morgan fingerprint density at radius 2 is 0.429 bits per heavy atom. The molecule has 0 aromatic carbocycles. The summed E-state index contributed by atoms with van der Waals surface area (Å²) in [5.41, 5.74) is 0. The summed E-state index contributed by atoms with van der Waals surface area (Å²) in [5.74, 6) is 0. The molecule has 16 N–H and O–H groups in total. The molecule has 14 heavy (non-hydrogen) atoms. The number of rotatable bonds is 0. The SMILES string of the molecule is C.C.C.O.O.O.O.O.O.O.O.[Al].[O]=[Al]. The van der Waals surface area contributed by atoms with Crippen molar-refractivity contribution in [2.24, 2.45) is 0 Å². The maximum absolute atomic E-state index is 8.17. The van der Waals surface area contributed by atoms with Crippen LogP contribution in [0.1, 0.15) is 22.3 Å². The topological polar surface area (TPSA) is 269 Å². The second-order valence-electron chi connectivity index (χ2n) is 0. The molecule has 0 amide bonds. The molecule has 0 unspecified atom stereocenters. The first kappa shape index (κ1) is 1120. The number of hydrogen-bond donors (Lipinski definition) is 0. The standard InChI is InChI=1S/3CH4.2Al.8H2O.O/h3*1H4;;;8*1H2;. The molecule has 0 atom stereocenters. The average molecular weight is 262 g/mol. The molecule has 0 saturated carbocycles. The van der Waals surface area contributed by atoms with E-state index in [0.29, 0.717) is 0 Å². The Morgan fingerprint density at radius 1 is 0.429 bits per heavy atom. The monoisotopic (exact) mass is 262 g/mol. The van der Waals surface area contributed by atoms with Gasteiger partial charge in [0.2, 0.25) is 0 Å². The molecule has 9 nitrogen and oxygen atoms in total. The van der Waals surface area contributed by atoms with E-state index in [1.54, 1.807) is 0 Å². The van der Waals surface area contributed by atoms with Crippen molar-refractivity contribution < 1.29 is 47.6 Å². The average Bonchev–Trinajstić information content (AvgIpc) is 1.00. The van der Waals surface area contributed by atoms with Gasteiger partial charge in [-0.1, -0.05) is 22.3 Å².